The second-order valence-corrected chi connectivity index (χ2v) is 6.04. The summed E-state index contributed by atoms with van der Waals surface area (Å²) in [6.07, 6.45) is 3.14. The molecule has 2 N–H and O–H groups in total. The summed E-state index contributed by atoms with van der Waals surface area (Å²) in [7, 11) is 1.69. The molecule has 1 aromatic carbocycles. The van der Waals surface area contributed by atoms with Gasteiger partial charge < -0.3 is 9.64 Å². The van der Waals surface area contributed by atoms with Crippen molar-refractivity contribution < 1.29 is 14.4 Å². The minimum absolute atomic E-state index is 0.279. The zero-order valence-corrected chi connectivity index (χ0v) is 15.9. The van der Waals surface area contributed by atoms with E-state index >= 15 is 0 Å². The van der Waals surface area contributed by atoms with Crippen LogP contribution in [-0.2, 0) is 6.54 Å². The van der Waals surface area contributed by atoms with Crippen LogP contribution in [-0.4, -0.2) is 36.8 Å². The molecular weight excluding hydrogens is 328 g/mol. The smallest absolute Gasteiger partial charge is 0.272 e. The summed E-state index contributed by atoms with van der Waals surface area (Å²) < 4.78 is 5.50. The molecule has 0 aliphatic rings. The summed E-state index contributed by atoms with van der Waals surface area (Å²) >= 11 is 0. The maximum absolute atomic E-state index is 12.1. The molecule has 0 bridgehead atoms. The van der Waals surface area contributed by atoms with Gasteiger partial charge in [-0.05, 0) is 56.7 Å². The second kappa shape index (κ2) is 9.68. The van der Waals surface area contributed by atoms with Crippen molar-refractivity contribution in [3.8, 4) is 5.75 Å². The van der Waals surface area contributed by atoms with Crippen molar-refractivity contribution in [2.45, 2.75) is 27.3 Å². The molecule has 6 heteroatoms. The largest absolute Gasteiger partial charge is 0.496 e. The molecule has 26 heavy (non-hydrogen) atoms. The van der Waals surface area contributed by atoms with Crippen molar-refractivity contribution in [2.75, 3.05) is 20.2 Å². The van der Waals surface area contributed by atoms with Crippen molar-refractivity contribution in [3.63, 3.8) is 0 Å². The van der Waals surface area contributed by atoms with Gasteiger partial charge in [0.1, 0.15) is 12.3 Å². The molecule has 0 unspecified atom stereocenters. The van der Waals surface area contributed by atoms with Crippen molar-refractivity contribution in [1.82, 2.24) is 10.4 Å². The summed E-state index contributed by atoms with van der Waals surface area (Å²) in [6, 6.07) is 9.41. The van der Waals surface area contributed by atoms with E-state index in [1.54, 1.807) is 25.4 Å². The van der Waals surface area contributed by atoms with E-state index in [1.165, 1.54) is 11.1 Å². The third-order valence-electron chi connectivity index (χ3n) is 4.39. The summed E-state index contributed by atoms with van der Waals surface area (Å²) in [4.78, 5) is 17.5. The molecule has 1 aromatic heterocycles. The number of methoxy groups -OCH3 is 1. The first-order chi connectivity index (χ1) is 12.6. The number of benzene rings is 1. The maximum atomic E-state index is 12.1. The molecule has 0 radical (unpaired) electrons. The Morgan fingerprint density at radius 1 is 1.23 bits per heavy atom. The number of carbonyl (C=O) groups excluding carboxylic acids is 1. The van der Waals surface area contributed by atoms with Crippen LogP contribution in [0.2, 0.25) is 0 Å². The minimum Gasteiger partial charge on any atom is -0.496 e. The molecule has 0 spiro atoms. The van der Waals surface area contributed by atoms with Crippen LogP contribution in [0.1, 0.15) is 42.3 Å². The summed E-state index contributed by atoms with van der Waals surface area (Å²) in [5, 5.41) is 4.23. The maximum Gasteiger partial charge on any atom is 0.272 e. The Bertz CT molecular complexity index is 756. The van der Waals surface area contributed by atoms with Gasteiger partial charge in [-0.1, -0.05) is 0 Å². The standard InChI is InChI=1S/C20H26N4O2/c1-5-24(6-2)14-18-12-16(9-10-19(18)26-4)15(3)22-23-20(25)17-8-7-11-21-13-17/h7-13H,5-6,14H2,1-4H3,(H,23,25)/p+1/b22-15-. The normalized spacial score (nSPS) is 11.5. The Balaban J connectivity index is 2.17. The zero-order chi connectivity index (χ0) is 18.9. The highest BCUT2D eigenvalue weighted by Gasteiger charge is 2.12. The SMILES string of the molecule is CC[NH+](CC)Cc1cc(/C(C)=N\NC(=O)c2cccnc2)ccc1OC. The Kier molecular flexibility index (Phi) is 7.29. The van der Waals surface area contributed by atoms with E-state index in [1.807, 2.05) is 19.1 Å². The minimum atomic E-state index is -0.279. The van der Waals surface area contributed by atoms with Gasteiger partial charge in [-0.15, -0.1) is 0 Å². The van der Waals surface area contributed by atoms with E-state index in [9.17, 15) is 4.79 Å². The molecule has 2 aromatic rings. The van der Waals surface area contributed by atoms with Crippen LogP contribution >= 0.6 is 0 Å². The fraction of sp³-hybridized carbons (Fsp3) is 0.350. The molecular formula is C20H27N4O2+. The summed E-state index contributed by atoms with van der Waals surface area (Å²) in [6.45, 7) is 9.22. The van der Waals surface area contributed by atoms with Gasteiger partial charge in [0.2, 0.25) is 0 Å². The topological polar surface area (TPSA) is 68.0 Å². The number of carbonyl (C=O) groups is 1. The van der Waals surface area contributed by atoms with Crippen LogP contribution in [0.15, 0.2) is 47.8 Å². The Morgan fingerprint density at radius 3 is 2.62 bits per heavy atom. The molecule has 6 nitrogen and oxygen atoms in total. The van der Waals surface area contributed by atoms with Crippen LogP contribution in [0.5, 0.6) is 5.75 Å². The van der Waals surface area contributed by atoms with E-state index in [4.69, 9.17) is 4.74 Å². The van der Waals surface area contributed by atoms with Gasteiger partial charge in [0.05, 0.1) is 31.5 Å². The van der Waals surface area contributed by atoms with Gasteiger partial charge in [-0.2, -0.15) is 5.10 Å². The number of nitrogens with one attached hydrogen (secondary N) is 2. The van der Waals surface area contributed by atoms with E-state index in [0.29, 0.717) is 5.56 Å². The predicted octanol–water partition coefficient (Wildman–Crippen LogP) is 1.67. The van der Waals surface area contributed by atoms with E-state index in [0.717, 1.165) is 42.2 Å². The summed E-state index contributed by atoms with van der Waals surface area (Å²) in [5.74, 6) is 0.596. The number of hydrogen-bond acceptors (Lipinski definition) is 4. The molecule has 0 fully saturated rings. The number of ether oxygens (including phenoxy) is 1. The van der Waals surface area contributed by atoms with Crippen LogP contribution < -0.4 is 15.1 Å². The molecule has 0 aliphatic carbocycles. The number of nitrogens with zero attached hydrogens (tertiary/aromatic N) is 2. The molecule has 1 heterocycles. The van der Waals surface area contributed by atoms with Crippen LogP contribution in [0, 0.1) is 0 Å². The van der Waals surface area contributed by atoms with Crippen molar-refractivity contribution in [3.05, 3.63) is 59.4 Å². The lowest BCUT2D eigenvalue weighted by molar-refractivity contribution is -0.910. The average Bonchev–Trinajstić information content (AvgIpc) is 2.70. The summed E-state index contributed by atoms with van der Waals surface area (Å²) in [5.41, 5.74) is 5.89. The highest BCUT2D eigenvalue weighted by molar-refractivity contribution is 6.01. The number of pyridine rings is 1. The Hall–Kier alpha value is -2.73. The number of quaternary nitrogens is 1. The van der Waals surface area contributed by atoms with Crippen molar-refractivity contribution in [1.29, 1.82) is 0 Å². The number of rotatable bonds is 8. The fourth-order valence-electron chi connectivity index (χ4n) is 2.67. The van der Waals surface area contributed by atoms with Gasteiger partial charge in [0.15, 0.2) is 0 Å². The van der Waals surface area contributed by atoms with Gasteiger partial charge in [-0.25, -0.2) is 5.43 Å². The van der Waals surface area contributed by atoms with Crippen molar-refractivity contribution in [2.24, 2.45) is 5.10 Å². The Morgan fingerprint density at radius 2 is 2.00 bits per heavy atom. The van der Waals surface area contributed by atoms with Crippen LogP contribution in [0.25, 0.3) is 0 Å². The quantitative estimate of drug-likeness (QED) is 0.559. The van der Waals surface area contributed by atoms with Gasteiger partial charge in [-0.3, -0.25) is 9.78 Å². The lowest BCUT2D eigenvalue weighted by atomic mass is 10.1. The molecule has 0 aliphatic heterocycles. The van der Waals surface area contributed by atoms with Crippen LogP contribution in [0.4, 0.5) is 0 Å². The fourth-order valence-corrected chi connectivity index (χ4v) is 2.67. The zero-order valence-electron chi connectivity index (χ0n) is 15.9. The average molecular weight is 355 g/mol. The molecule has 2 rings (SSSR count). The van der Waals surface area contributed by atoms with E-state index in [-0.39, 0.29) is 5.91 Å². The van der Waals surface area contributed by atoms with E-state index in [2.05, 4.69) is 35.4 Å². The highest BCUT2D eigenvalue weighted by atomic mass is 16.5. The first-order valence-corrected chi connectivity index (χ1v) is 8.84. The predicted molar refractivity (Wildman–Crippen MR) is 103 cm³/mol. The molecule has 0 atom stereocenters. The van der Waals surface area contributed by atoms with Gasteiger partial charge in [0.25, 0.3) is 5.91 Å². The van der Waals surface area contributed by atoms with Gasteiger partial charge >= 0.3 is 0 Å². The number of hydrazone groups is 1. The number of aromatic nitrogens is 1. The number of amides is 1. The van der Waals surface area contributed by atoms with Crippen LogP contribution in [0.3, 0.4) is 0 Å². The molecule has 138 valence electrons. The number of hydrogen-bond donors (Lipinski definition) is 2. The first kappa shape index (κ1) is 19.6. The lowest BCUT2D eigenvalue weighted by Crippen LogP contribution is -3.10. The van der Waals surface area contributed by atoms with Gasteiger partial charge in [0, 0.05) is 18.0 Å². The highest BCUT2D eigenvalue weighted by Crippen LogP contribution is 2.19. The third kappa shape index (κ3) is 5.13. The lowest BCUT2D eigenvalue weighted by Gasteiger charge is -2.18. The van der Waals surface area contributed by atoms with Crippen molar-refractivity contribution >= 4 is 11.6 Å². The third-order valence-corrected chi connectivity index (χ3v) is 4.39. The molecule has 0 saturated carbocycles. The second-order valence-electron chi connectivity index (χ2n) is 6.04. The first-order valence-electron chi connectivity index (χ1n) is 8.84. The van der Waals surface area contributed by atoms with E-state index < -0.39 is 0 Å². The molecule has 0 saturated heterocycles. The molecule has 1 amide bonds. The Labute approximate surface area is 154 Å². The monoisotopic (exact) mass is 355 g/mol.